The lowest BCUT2D eigenvalue weighted by Crippen LogP contribution is -2.75. The van der Waals surface area contributed by atoms with Gasteiger partial charge in [-0.05, 0) is 19.4 Å². The molecule has 0 unspecified atom stereocenters. The molecule has 7 heteroatoms. The number of fused-ring (bicyclic) bond motifs is 2. The van der Waals surface area contributed by atoms with Gasteiger partial charge in [-0.3, -0.25) is 9.59 Å². The molecular weight excluding hydrogens is 304 g/mol. The van der Waals surface area contributed by atoms with Crippen LogP contribution < -0.4 is 0 Å². The van der Waals surface area contributed by atoms with Crippen LogP contribution in [-0.2, 0) is 4.74 Å². The van der Waals surface area contributed by atoms with Gasteiger partial charge in [-0.2, -0.15) is 0 Å². The van der Waals surface area contributed by atoms with Crippen molar-refractivity contribution in [2.75, 3.05) is 6.61 Å². The zero-order valence-electron chi connectivity index (χ0n) is 12.5. The van der Waals surface area contributed by atoms with Crippen LogP contribution in [0.2, 0.25) is 0 Å². The third-order valence-electron chi connectivity index (χ3n) is 4.83. The third-order valence-corrected chi connectivity index (χ3v) is 4.83. The number of aliphatic hydroxyl groups is 3. The van der Waals surface area contributed by atoms with Gasteiger partial charge in [0.25, 0.3) is 0 Å². The first kappa shape index (κ1) is 16.1. The van der Waals surface area contributed by atoms with E-state index in [2.05, 4.69) is 0 Å². The third kappa shape index (κ3) is 1.91. The largest absolute Gasteiger partial charge is 0.507 e. The maximum absolute atomic E-state index is 12.8. The number of phenolic OH excluding ortho intramolecular Hbond substituents is 1. The Bertz CT molecular complexity index is 685. The number of Topliss-reactive ketones (excluding diaryl/α,β-unsaturated/α-hetero) is 2. The summed E-state index contributed by atoms with van der Waals surface area (Å²) in [5.41, 5.74) is -5.27. The summed E-state index contributed by atoms with van der Waals surface area (Å²) in [6.45, 7) is 1.16. The Morgan fingerprint density at radius 3 is 2.61 bits per heavy atom. The molecule has 1 heterocycles. The van der Waals surface area contributed by atoms with Crippen LogP contribution in [0, 0.1) is 0 Å². The van der Waals surface area contributed by atoms with Gasteiger partial charge in [-0.25, -0.2) is 0 Å². The standard InChI is InChI=1S/C16H18O7/c1-8-16(22)14(20)12-10(3-2-4-11(12)18)13(19)15(16,21)7-9(23-8)5-6-17/h2-4,8-9,17-18,21-22H,5-7H2,1H3/t8-,9+,15-,16-/m1/s1. The van der Waals surface area contributed by atoms with E-state index in [-0.39, 0.29) is 30.6 Å². The molecule has 1 saturated heterocycles. The molecule has 4 N–H and O–H groups in total. The van der Waals surface area contributed by atoms with E-state index in [1.807, 2.05) is 0 Å². The van der Waals surface area contributed by atoms with Crippen LogP contribution in [0.4, 0.5) is 0 Å². The number of hydrogen-bond donors (Lipinski definition) is 4. The van der Waals surface area contributed by atoms with E-state index in [1.165, 1.54) is 25.1 Å². The van der Waals surface area contributed by atoms with Crippen molar-refractivity contribution in [1.82, 2.24) is 0 Å². The van der Waals surface area contributed by atoms with Gasteiger partial charge in [0, 0.05) is 18.6 Å². The number of aromatic hydroxyl groups is 1. The van der Waals surface area contributed by atoms with Crippen molar-refractivity contribution >= 4 is 11.6 Å². The van der Waals surface area contributed by atoms with Crippen LogP contribution in [0.3, 0.4) is 0 Å². The van der Waals surface area contributed by atoms with E-state index in [4.69, 9.17) is 9.84 Å². The van der Waals surface area contributed by atoms with Gasteiger partial charge in [-0.15, -0.1) is 0 Å². The van der Waals surface area contributed by atoms with Crippen molar-refractivity contribution in [2.45, 2.75) is 43.2 Å². The molecule has 3 rings (SSSR count). The van der Waals surface area contributed by atoms with Crippen LogP contribution in [0.1, 0.15) is 40.5 Å². The van der Waals surface area contributed by atoms with Crippen LogP contribution in [0.15, 0.2) is 18.2 Å². The second-order valence-corrected chi connectivity index (χ2v) is 6.10. The topological polar surface area (TPSA) is 124 Å². The molecule has 0 amide bonds. The highest BCUT2D eigenvalue weighted by Gasteiger charge is 2.69. The molecular formula is C16H18O7. The first-order valence-electron chi connectivity index (χ1n) is 7.40. The number of phenols is 1. The van der Waals surface area contributed by atoms with Crippen molar-refractivity contribution in [3.05, 3.63) is 29.3 Å². The highest BCUT2D eigenvalue weighted by Crippen LogP contribution is 2.47. The molecule has 1 aliphatic heterocycles. The summed E-state index contributed by atoms with van der Waals surface area (Å²) in [7, 11) is 0. The number of hydrogen-bond acceptors (Lipinski definition) is 7. The summed E-state index contributed by atoms with van der Waals surface area (Å²) in [5.74, 6) is -2.20. The first-order valence-corrected chi connectivity index (χ1v) is 7.40. The predicted molar refractivity (Wildman–Crippen MR) is 77.3 cm³/mol. The Balaban J connectivity index is 2.20. The molecule has 0 spiro atoms. The normalized spacial score (nSPS) is 36.5. The van der Waals surface area contributed by atoms with E-state index in [9.17, 15) is 24.9 Å². The molecule has 1 aliphatic carbocycles. The molecule has 1 aromatic carbocycles. The average molecular weight is 322 g/mol. The van der Waals surface area contributed by atoms with Gasteiger partial charge in [0.2, 0.25) is 5.78 Å². The molecule has 0 bridgehead atoms. The molecule has 0 saturated carbocycles. The first-order chi connectivity index (χ1) is 10.8. The average Bonchev–Trinajstić information content (AvgIpc) is 2.50. The quantitative estimate of drug-likeness (QED) is 0.594. The zero-order chi connectivity index (χ0) is 17.0. The summed E-state index contributed by atoms with van der Waals surface area (Å²) in [5, 5.41) is 40.8. The summed E-state index contributed by atoms with van der Waals surface area (Å²) in [6, 6.07) is 3.95. The van der Waals surface area contributed by atoms with Crippen LogP contribution in [0.5, 0.6) is 5.75 Å². The highest BCUT2D eigenvalue weighted by molar-refractivity contribution is 6.23. The van der Waals surface area contributed by atoms with Crippen molar-refractivity contribution in [1.29, 1.82) is 0 Å². The molecule has 1 aromatic rings. The maximum atomic E-state index is 12.8. The van der Waals surface area contributed by atoms with Crippen molar-refractivity contribution in [3.63, 3.8) is 0 Å². The van der Waals surface area contributed by atoms with Crippen molar-refractivity contribution in [2.24, 2.45) is 0 Å². The molecule has 4 atom stereocenters. The summed E-state index contributed by atoms with van der Waals surface area (Å²) < 4.78 is 5.51. The van der Waals surface area contributed by atoms with E-state index in [0.717, 1.165) is 0 Å². The number of ether oxygens (including phenoxy) is 1. The van der Waals surface area contributed by atoms with E-state index < -0.39 is 40.7 Å². The van der Waals surface area contributed by atoms with Crippen molar-refractivity contribution in [3.8, 4) is 5.75 Å². The Labute approximate surface area is 132 Å². The lowest BCUT2D eigenvalue weighted by molar-refractivity contribution is -0.228. The van der Waals surface area contributed by atoms with Gasteiger partial charge in [0.1, 0.15) is 5.75 Å². The fourth-order valence-electron chi connectivity index (χ4n) is 3.59. The summed E-state index contributed by atoms with van der Waals surface area (Å²) >= 11 is 0. The minimum Gasteiger partial charge on any atom is -0.507 e. The van der Waals surface area contributed by atoms with Gasteiger partial charge in [0.15, 0.2) is 17.0 Å². The molecule has 0 aromatic heterocycles. The van der Waals surface area contributed by atoms with Gasteiger partial charge < -0.3 is 25.2 Å². The van der Waals surface area contributed by atoms with Gasteiger partial charge >= 0.3 is 0 Å². The molecule has 7 nitrogen and oxygen atoms in total. The Morgan fingerprint density at radius 1 is 1.26 bits per heavy atom. The second-order valence-electron chi connectivity index (χ2n) is 6.10. The van der Waals surface area contributed by atoms with Crippen LogP contribution >= 0.6 is 0 Å². The number of aliphatic hydroxyl groups excluding tert-OH is 1. The van der Waals surface area contributed by atoms with Gasteiger partial charge in [-0.1, -0.05) is 12.1 Å². The molecule has 124 valence electrons. The fourth-order valence-corrected chi connectivity index (χ4v) is 3.59. The summed E-state index contributed by atoms with van der Waals surface area (Å²) in [6.07, 6.45) is -2.00. The van der Waals surface area contributed by atoms with E-state index in [1.54, 1.807) is 0 Å². The van der Waals surface area contributed by atoms with Crippen LogP contribution in [-0.4, -0.2) is 62.0 Å². The Morgan fingerprint density at radius 2 is 1.96 bits per heavy atom. The second kappa shape index (κ2) is 5.10. The fraction of sp³-hybridized carbons (Fsp3) is 0.500. The minimum absolute atomic E-state index is 0.126. The molecule has 2 aliphatic rings. The molecule has 23 heavy (non-hydrogen) atoms. The van der Waals surface area contributed by atoms with E-state index >= 15 is 0 Å². The minimum atomic E-state index is -2.48. The van der Waals surface area contributed by atoms with E-state index in [0.29, 0.717) is 0 Å². The monoisotopic (exact) mass is 322 g/mol. The zero-order valence-corrected chi connectivity index (χ0v) is 12.5. The Hall–Kier alpha value is -1.80. The van der Waals surface area contributed by atoms with Gasteiger partial charge in [0.05, 0.1) is 17.8 Å². The smallest absolute Gasteiger partial charge is 0.205 e. The van der Waals surface area contributed by atoms with Crippen LogP contribution in [0.25, 0.3) is 0 Å². The number of benzene rings is 1. The molecule has 0 radical (unpaired) electrons. The summed E-state index contributed by atoms with van der Waals surface area (Å²) in [4.78, 5) is 25.5. The Kier molecular flexibility index (Phi) is 3.57. The number of ketones is 2. The number of carbonyl (C=O) groups excluding carboxylic acids is 2. The molecule has 1 fully saturated rings. The predicted octanol–water partition coefficient (Wildman–Crippen LogP) is -0.207. The lowest BCUT2D eigenvalue weighted by Gasteiger charge is -2.52. The number of carbonyl (C=O) groups is 2. The SMILES string of the molecule is C[C@H]1O[C@@H](CCO)C[C@@]2(O)C(=O)c3cccc(O)c3C(=O)[C@]12O. The number of rotatable bonds is 2. The van der Waals surface area contributed by atoms with Crippen molar-refractivity contribution < 1.29 is 34.8 Å². The highest BCUT2D eigenvalue weighted by atomic mass is 16.5. The lowest BCUT2D eigenvalue weighted by atomic mass is 9.61. The maximum Gasteiger partial charge on any atom is 0.205 e.